The minimum absolute atomic E-state index is 0.573. The van der Waals surface area contributed by atoms with Gasteiger partial charge in [0.1, 0.15) is 11.2 Å². The van der Waals surface area contributed by atoms with Crippen LogP contribution >= 0.6 is 0 Å². The van der Waals surface area contributed by atoms with Crippen molar-refractivity contribution in [3.05, 3.63) is 188 Å². The van der Waals surface area contributed by atoms with Crippen LogP contribution in [0.3, 0.4) is 0 Å². The Kier molecular flexibility index (Phi) is 7.17. The lowest BCUT2D eigenvalue weighted by atomic mass is 9.97. The van der Waals surface area contributed by atoms with Gasteiger partial charge in [0.05, 0.1) is 17.7 Å². The van der Waals surface area contributed by atoms with E-state index in [2.05, 4.69) is 174 Å². The van der Waals surface area contributed by atoms with Gasteiger partial charge in [0.15, 0.2) is 0 Å². The van der Waals surface area contributed by atoms with Crippen LogP contribution in [-0.2, 0) is 6.54 Å². The fourth-order valence-electron chi connectivity index (χ4n) is 7.54. The van der Waals surface area contributed by atoms with Crippen LogP contribution in [-0.4, -0.2) is 9.97 Å². The number of furan rings is 1. The molecule has 0 aliphatic rings. The number of fused-ring (bicyclic) bond motifs is 5. The molecule has 244 valence electrons. The topological polar surface area (TPSA) is 42.8 Å². The first-order valence-electron chi connectivity index (χ1n) is 17.6. The molecule has 0 aliphatic heterocycles. The average Bonchev–Trinajstić information content (AvgIpc) is 3.61. The number of hydrogen-bond donors (Lipinski definition) is 0. The predicted octanol–water partition coefficient (Wildman–Crippen LogP) is 11.7. The molecule has 0 amide bonds. The molecule has 0 saturated carbocycles. The lowest BCUT2D eigenvalue weighted by Crippen LogP contribution is -2.38. The molecule has 0 N–H and O–H groups in total. The molecule has 0 radical (unpaired) electrons. The van der Waals surface area contributed by atoms with Crippen molar-refractivity contribution in [1.82, 2.24) is 9.97 Å². The Bertz CT molecular complexity index is 2920. The highest BCUT2D eigenvalue weighted by atomic mass is 16.3. The van der Waals surface area contributed by atoms with Gasteiger partial charge in [0, 0.05) is 16.3 Å². The van der Waals surface area contributed by atoms with Gasteiger partial charge in [0.25, 0.3) is 5.82 Å². The maximum atomic E-state index is 6.58. The smallest absolute Gasteiger partial charge is 0.307 e. The van der Waals surface area contributed by atoms with Gasteiger partial charge in [-0.25, -0.2) is 4.57 Å². The van der Waals surface area contributed by atoms with Gasteiger partial charge < -0.3 is 4.42 Å². The fourth-order valence-corrected chi connectivity index (χ4v) is 7.54. The largest absolute Gasteiger partial charge is 0.455 e. The molecule has 0 aliphatic carbocycles. The van der Waals surface area contributed by atoms with Crippen molar-refractivity contribution in [2.75, 3.05) is 0 Å². The zero-order valence-electron chi connectivity index (χ0n) is 28.3. The van der Waals surface area contributed by atoms with Crippen LogP contribution in [0.25, 0.3) is 88.5 Å². The lowest BCUT2D eigenvalue weighted by molar-refractivity contribution is -0.682. The van der Waals surface area contributed by atoms with Crippen LogP contribution in [0.15, 0.2) is 187 Å². The Hall–Kier alpha value is -6.91. The molecule has 0 saturated heterocycles. The lowest BCUT2D eigenvalue weighted by Gasteiger charge is -2.10. The van der Waals surface area contributed by atoms with Gasteiger partial charge in [-0.1, -0.05) is 156 Å². The molecule has 0 fully saturated rings. The number of aromatic nitrogens is 3. The summed E-state index contributed by atoms with van der Waals surface area (Å²) in [5, 5.41) is 7.05. The van der Waals surface area contributed by atoms with E-state index in [1.165, 1.54) is 27.1 Å². The average molecular weight is 667 g/mol. The highest BCUT2D eigenvalue weighted by molar-refractivity contribution is 6.11. The molecule has 2 aromatic heterocycles. The van der Waals surface area contributed by atoms with Gasteiger partial charge in [-0.2, -0.15) is 0 Å². The maximum absolute atomic E-state index is 6.58. The third kappa shape index (κ3) is 5.21. The third-order valence-corrected chi connectivity index (χ3v) is 10.1. The summed E-state index contributed by atoms with van der Waals surface area (Å²) in [6, 6.07) is 61.8. The fraction of sp³-hybridized carbons (Fsp3) is 0.0208. The molecule has 8 aromatic carbocycles. The molecule has 10 rings (SSSR count). The Morgan fingerprint density at radius 2 is 1.13 bits per heavy atom. The van der Waals surface area contributed by atoms with Gasteiger partial charge in [-0.3, -0.25) is 0 Å². The van der Waals surface area contributed by atoms with E-state index in [0.717, 1.165) is 61.1 Å². The summed E-state index contributed by atoms with van der Waals surface area (Å²) in [5.41, 5.74) is 9.51. The Labute approximate surface area is 300 Å². The Morgan fingerprint density at radius 3 is 2.02 bits per heavy atom. The Balaban J connectivity index is 1.09. The van der Waals surface area contributed by atoms with Crippen LogP contribution in [0.5, 0.6) is 0 Å². The number of rotatable bonds is 6. The second kappa shape index (κ2) is 12.4. The summed E-state index contributed by atoms with van der Waals surface area (Å²) in [4.78, 5) is 10.2. The van der Waals surface area contributed by atoms with Gasteiger partial charge >= 0.3 is 5.82 Å². The van der Waals surface area contributed by atoms with Crippen LogP contribution in [0.4, 0.5) is 0 Å². The number of para-hydroxylation sites is 1. The summed E-state index contributed by atoms with van der Waals surface area (Å²) in [5.74, 6) is 1.53. The van der Waals surface area contributed by atoms with E-state index in [9.17, 15) is 0 Å². The molecule has 52 heavy (non-hydrogen) atoms. The van der Waals surface area contributed by atoms with E-state index in [1.807, 2.05) is 12.4 Å². The normalized spacial score (nSPS) is 11.5. The van der Waals surface area contributed by atoms with Crippen molar-refractivity contribution in [2.45, 2.75) is 6.54 Å². The number of nitrogens with zero attached hydrogens (tertiary/aromatic N) is 3. The minimum Gasteiger partial charge on any atom is -0.455 e. The predicted molar refractivity (Wildman–Crippen MR) is 212 cm³/mol. The second-order valence-corrected chi connectivity index (χ2v) is 13.2. The van der Waals surface area contributed by atoms with Gasteiger partial charge in [-0.05, 0) is 74.1 Å². The highest BCUT2D eigenvalue weighted by Gasteiger charge is 2.22. The van der Waals surface area contributed by atoms with E-state index in [0.29, 0.717) is 12.4 Å². The highest BCUT2D eigenvalue weighted by Crippen LogP contribution is 2.37. The van der Waals surface area contributed by atoms with Gasteiger partial charge in [0.2, 0.25) is 6.33 Å². The summed E-state index contributed by atoms with van der Waals surface area (Å²) in [6.07, 6.45) is 1.93. The van der Waals surface area contributed by atoms with Crippen LogP contribution < -0.4 is 4.57 Å². The molecule has 0 bridgehead atoms. The van der Waals surface area contributed by atoms with Crippen LogP contribution in [0, 0.1) is 0 Å². The molecular formula is C48H32N3O+. The van der Waals surface area contributed by atoms with Crippen LogP contribution in [0.2, 0.25) is 0 Å². The zero-order chi connectivity index (χ0) is 34.4. The number of hydrogen-bond acceptors (Lipinski definition) is 3. The molecule has 0 atom stereocenters. The summed E-state index contributed by atoms with van der Waals surface area (Å²) in [7, 11) is 0. The van der Waals surface area contributed by atoms with Crippen molar-refractivity contribution < 1.29 is 8.98 Å². The summed E-state index contributed by atoms with van der Waals surface area (Å²) >= 11 is 0. The molecule has 10 aromatic rings. The Morgan fingerprint density at radius 1 is 0.481 bits per heavy atom. The molecule has 4 nitrogen and oxygen atoms in total. The number of benzene rings is 8. The molecular weight excluding hydrogens is 635 g/mol. The van der Waals surface area contributed by atoms with E-state index in [-0.39, 0.29) is 0 Å². The monoisotopic (exact) mass is 666 g/mol. The SMILES string of the molecule is c1ccc(-c2cccc3c2oc2cccc(C[n+]4cnc(-c5ccc(-c6cccc7ccccc67)cc5)nc4-c4ccc5ccccc5c4)c23)cc1. The molecule has 4 heteroatoms. The van der Waals surface area contributed by atoms with Crippen molar-refractivity contribution in [2.24, 2.45) is 0 Å². The summed E-state index contributed by atoms with van der Waals surface area (Å²) in [6.45, 7) is 0.573. The molecule has 0 spiro atoms. The van der Waals surface area contributed by atoms with Crippen molar-refractivity contribution in [3.8, 4) is 45.0 Å². The standard InChI is InChI=1S/C48H32N3O/c1-2-12-34(13-3-1)42-20-10-21-43-45-39(17-9-22-44(45)52-46(42)43)30-51-31-49-47(50-48(51)38-28-23-32-11-4-5-15-37(32)29-38)36-26-24-35(25-27-36)41-19-8-16-33-14-6-7-18-40(33)41/h1-29,31H,30H2/q+1. The van der Waals surface area contributed by atoms with E-state index < -0.39 is 0 Å². The van der Waals surface area contributed by atoms with E-state index in [1.54, 1.807) is 0 Å². The first-order valence-corrected chi connectivity index (χ1v) is 17.6. The van der Waals surface area contributed by atoms with Crippen molar-refractivity contribution >= 4 is 43.5 Å². The summed E-state index contributed by atoms with van der Waals surface area (Å²) < 4.78 is 8.74. The van der Waals surface area contributed by atoms with Crippen molar-refractivity contribution in [3.63, 3.8) is 0 Å². The third-order valence-electron chi connectivity index (χ3n) is 10.1. The first-order chi connectivity index (χ1) is 25.8. The maximum Gasteiger partial charge on any atom is 0.307 e. The van der Waals surface area contributed by atoms with E-state index >= 15 is 0 Å². The minimum atomic E-state index is 0.573. The van der Waals surface area contributed by atoms with Crippen molar-refractivity contribution in [1.29, 1.82) is 0 Å². The zero-order valence-corrected chi connectivity index (χ0v) is 28.3. The van der Waals surface area contributed by atoms with Gasteiger partial charge in [-0.15, -0.1) is 0 Å². The molecule has 2 heterocycles. The quantitative estimate of drug-likeness (QED) is 0.166. The molecule has 0 unspecified atom stereocenters. The first kappa shape index (κ1) is 30.0. The second-order valence-electron chi connectivity index (χ2n) is 13.2. The van der Waals surface area contributed by atoms with E-state index in [4.69, 9.17) is 14.4 Å². The van der Waals surface area contributed by atoms with Crippen LogP contribution in [0.1, 0.15) is 5.56 Å².